The first-order valence-electron chi connectivity index (χ1n) is 7.63. The number of carbonyl (C=O) groups is 1. The number of carbonyl (C=O) groups excluding carboxylic acids is 1. The molecule has 1 unspecified atom stereocenters. The molecule has 0 saturated carbocycles. The van der Waals surface area contributed by atoms with E-state index in [1.54, 1.807) is 17.5 Å². The Balaban J connectivity index is 1.77. The first kappa shape index (κ1) is 16.1. The monoisotopic (exact) mass is 333 g/mol. The van der Waals surface area contributed by atoms with Gasteiger partial charge in [-0.2, -0.15) is 0 Å². The second-order valence-electron chi connectivity index (χ2n) is 6.66. The minimum Gasteiger partial charge on any atom is -0.337 e. The number of nitrogens with zero attached hydrogens (tertiary/aromatic N) is 2. The molecule has 0 aliphatic carbocycles. The van der Waals surface area contributed by atoms with Gasteiger partial charge in [0.05, 0.1) is 0 Å². The molecule has 1 atom stereocenters. The highest BCUT2D eigenvalue weighted by Gasteiger charge is 2.36. The van der Waals surface area contributed by atoms with Gasteiger partial charge in [-0.05, 0) is 36.1 Å². The van der Waals surface area contributed by atoms with E-state index in [9.17, 15) is 9.18 Å². The maximum absolute atomic E-state index is 13.0. The van der Waals surface area contributed by atoms with E-state index in [2.05, 4.69) is 18.8 Å². The van der Waals surface area contributed by atoms with Crippen molar-refractivity contribution in [2.24, 2.45) is 11.1 Å². The molecule has 2 aromatic rings. The third-order valence-electron chi connectivity index (χ3n) is 4.41. The van der Waals surface area contributed by atoms with Crippen LogP contribution < -0.4 is 5.73 Å². The van der Waals surface area contributed by atoms with Crippen LogP contribution in [-0.2, 0) is 0 Å². The van der Waals surface area contributed by atoms with E-state index in [1.807, 2.05) is 4.90 Å². The average Bonchev–Trinajstić information content (AvgIpc) is 3.00. The first-order chi connectivity index (χ1) is 10.9. The van der Waals surface area contributed by atoms with Crippen molar-refractivity contribution < 1.29 is 9.18 Å². The third kappa shape index (κ3) is 3.28. The first-order valence-corrected chi connectivity index (χ1v) is 8.51. The number of piperidine rings is 1. The predicted molar refractivity (Wildman–Crippen MR) is 89.8 cm³/mol. The van der Waals surface area contributed by atoms with Crippen LogP contribution in [0.4, 0.5) is 4.39 Å². The lowest BCUT2D eigenvalue weighted by molar-refractivity contribution is 0.0528. The number of thiazole rings is 1. The molecule has 0 radical (unpaired) electrons. The number of halogens is 1. The Kier molecular flexibility index (Phi) is 4.21. The Morgan fingerprint density at radius 3 is 2.74 bits per heavy atom. The lowest BCUT2D eigenvalue weighted by atomic mass is 9.79. The van der Waals surface area contributed by atoms with Crippen molar-refractivity contribution in [1.82, 2.24) is 9.88 Å². The Morgan fingerprint density at radius 2 is 2.09 bits per heavy atom. The average molecular weight is 333 g/mol. The SMILES string of the molecule is CC1(C)CN(C(=O)c2csc(-c3ccc(F)cc3)n2)CCC1N. The van der Waals surface area contributed by atoms with Gasteiger partial charge in [-0.1, -0.05) is 13.8 Å². The smallest absolute Gasteiger partial charge is 0.273 e. The molecule has 1 saturated heterocycles. The van der Waals surface area contributed by atoms with E-state index in [0.717, 1.165) is 17.0 Å². The van der Waals surface area contributed by atoms with Crippen LogP contribution in [0.15, 0.2) is 29.6 Å². The highest BCUT2D eigenvalue weighted by atomic mass is 32.1. The zero-order valence-corrected chi connectivity index (χ0v) is 14.1. The van der Waals surface area contributed by atoms with Crippen molar-refractivity contribution in [2.75, 3.05) is 13.1 Å². The molecule has 4 nitrogen and oxygen atoms in total. The Hall–Kier alpha value is -1.79. The fourth-order valence-electron chi connectivity index (χ4n) is 2.81. The van der Waals surface area contributed by atoms with Gasteiger partial charge in [0, 0.05) is 30.1 Å². The van der Waals surface area contributed by atoms with Gasteiger partial charge in [-0.3, -0.25) is 4.79 Å². The van der Waals surface area contributed by atoms with Crippen LogP contribution in [0.2, 0.25) is 0 Å². The normalized spacial score (nSPS) is 20.5. The number of likely N-dealkylation sites (tertiary alicyclic amines) is 1. The molecule has 1 aliphatic heterocycles. The number of amides is 1. The second-order valence-corrected chi connectivity index (χ2v) is 7.51. The summed E-state index contributed by atoms with van der Waals surface area (Å²) >= 11 is 1.40. The summed E-state index contributed by atoms with van der Waals surface area (Å²) in [5.41, 5.74) is 7.29. The van der Waals surface area contributed by atoms with E-state index in [0.29, 0.717) is 18.8 Å². The van der Waals surface area contributed by atoms with Crippen LogP contribution in [0.3, 0.4) is 0 Å². The van der Waals surface area contributed by atoms with Gasteiger partial charge in [0.2, 0.25) is 0 Å². The van der Waals surface area contributed by atoms with Gasteiger partial charge in [0.25, 0.3) is 5.91 Å². The molecule has 23 heavy (non-hydrogen) atoms. The molecule has 6 heteroatoms. The van der Waals surface area contributed by atoms with Gasteiger partial charge in [-0.15, -0.1) is 11.3 Å². The van der Waals surface area contributed by atoms with E-state index in [4.69, 9.17) is 5.73 Å². The lowest BCUT2D eigenvalue weighted by Crippen LogP contribution is -2.54. The largest absolute Gasteiger partial charge is 0.337 e. The molecule has 0 spiro atoms. The minimum atomic E-state index is -0.284. The fourth-order valence-corrected chi connectivity index (χ4v) is 3.61. The van der Waals surface area contributed by atoms with Gasteiger partial charge in [0.15, 0.2) is 0 Å². The quantitative estimate of drug-likeness (QED) is 0.918. The zero-order chi connectivity index (χ0) is 16.6. The lowest BCUT2D eigenvalue weighted by Gasteiger charge is -2.42. The molecule has 1 aromatic heterocycles. The van der Waals surface area contributed by atoms with Crippen LogP contribution in [0.5, 0.6) is 0 Å². The maximum atomic E-state index is 13.0. The van der Waals surface area contributed by atoms with Crippen LogP contribution in [0.1, 0.15) is 30.8 Å². The van der Waals surface area contributed by atoms with Crippen LogP contribution in [0, 0.1) is 11.2 Å². The number of benzene rings is 1. The highest BCUT2D eigenvalue weighted by molar-refractivity contribution is 7.13. The molecule has 2 heterocycles. The molecule has 1 aromatic carbocycles. The van der Waals surface area contributed by atoms with Crippen LogP contribution in [0.25, 0.3) is 10.6 Å². The standard InChI is InChI=1S/C17H20FN3OS/c1-17(2)10-21(8-7-14(17)19)16(22)13-9-23-15(20-13)11-3-5-12(18)6-4-11/h3-6,9,14H,7-8,10,19H2,1-2H3. The highest BCUT2D eigenvalue weighted by Crippen LogP contribution is 2.30. The molecule has 122 valence electrons. The summed E-state index contributed by atoms with van der Waals surface area (Å²) in [6.07, 6.45) is 0.799. The zero-order valence-electron chi connectivity index (χ0n) is 13.3. The molecule has 2 N–H and O–H groups in total. The Labute approximate surface area is 139 Å². The summed E-state index contributed by atoms with van der Waals surface area (Å²) in [6, 6.07) is 6.24. The van der Waals surface area contributed by atoms with E-state index < -0.39 is 0 Å². The number of hydrogen-bond acceptors (Lipinski definition) is 4. The summed E-state index contributed by atoms with van der Waals surface area (Å²) in [7, 11) is 0. The van der Waals surface area contributed by atoms with Gasteiger partial charge in [-0.25, -0.2) is 9.37 Å². The third-order valence-corrected chi connectivity index (χ3v) is 5.31. The number of hydrogen-bond donors (Lipinski definition) is 1. The van der Waals surface area contributed by atoms with Crippen LogP contribution >= 0.6 is 11.3 Å². The molecular weight excluding hydrogens is 313 g/mol. The summed E-state index contributed by atoms with van der Waals surface area (Å²) in [5.74, 6) is -0.344. The van der Waals surface area contributed by atoms with E-state index in [1.165, 1.54) is 23.5 Å². The van der Waals surface area contributed by atoms with Crippen molar-refractivity contribution in [1.29, 1.82) is 0 Å². The van der Waals surface area contributed by atoms with Crippen LogP contribution in [-0.4, -0.2) is 34.9 Å². The number of nitrogens with two attached hydrogens (primary N) is 1. The molecule has 1 amide bonds. The van der Waals surface area contributed by atoms with Crippen molar-refractivity contribution in [3.05, 3.63) is 41.2 Å². The maximum Gasteiger partial charge on any atom is 0.273 e. The molecule has 1 fully saturated rings. The van der Waals surface area contributed by atoms with Crippen molar-refractivity contribution in [3.8, 4) is 10.6 Å². The second kappa shape index (κ2) is 6.02. The molecular formula is C17H20FN3OS. The van der Waals surface area contributed by atoms with E-state index >= 15 is 0 Å². The summed E-state index contributed by atoms with van der Waals surface area (Å²) < 4.78 is 13.0. The Bertz CT molecular complexity index is 711. The van der Waals surface area contributed by atoms with Gasteiger partial charge in [0.1, 0.15) is 16.5 Å². The number of rotatable bonds is 2. The molecule has 0 bridgehead atoms. The summed E-state index contributed by atoms with van der Waals surface area (Å²) in [6.45, 7) is 5.47. The Morgan fingerprint density at radius 1 is 1.39 bits per heavy atom. The number of aromatic nitrogens is 1. The predicted octanol–water partition coefficient (Wildman–Crippen LogP) is 3.15. The van der Waals surface area contributed by atoms with Crippen molar-refractivity contribution in [3.63, 3.8) is 0 Å². The summed E-state index contributed by atoms with van der Waals surface area (Å²) in [5, 5.41) is 2.49. The fraction of sp³-hybridized carbons (Fsp3) is 0.412. The van der Waals surface area contributed by atoms with Crippen molar-refractivity contribution >= 4 is 17.2 Å². The topological polar surface area (TPSA) is 59.2 Å². The van der Waals surface area contributed by atoms with Gasteiger partial charge >= 0.3 is 0 Å². The molecule has 1 aliphatic rings. The van der Waals surface area contributed by atoms with Crippen molar-refractivity contribution in [2.45, 2.75) is 26.3 Å². The molecule has 3 rings (SSSR count). The van der Waals surface area contributed by atoms with Gasteiger partial charge < -0.3 is 10.6 Å². The summed E-state index contributed by atoms with van der Waals surface area (Å²) in [4.78, 5) is 18.9. The minimum absolute atomic E-state index is 0.0606. The van der Waals surface area contributed by atoms with E-state index in [-0.39, 0.29) is 23.2 Å².